The maximum atomic E-state index is 11.7. The van der Waals surface area contributed by atoms with Crippen molar-refractivity contribution in [3.63, 3.8) is 0 Å². The predicted octanol–water partition coefficient (Wildman–Crippen LogP) is 1.02. The Kier molecular flexibility index (Phi) is 6.05. The van der Waals surface area contributed by atoms with Gasteiger partial charge in [0.2, 0.25) is 5.91 Å². The monoisotopic (exact) mass is 258 g/mol. The number of carbonyl (C=O) groups excluding carboxylic acids is 1. The third kappa shape index (κ3) is 4.92. The smallest absolute Gasteiger partial charge is 0.236 e. The van der Waals surface area contributed by atoms with E-state index in [2.05, 4.69) is 12.2 Å². The van der Waals surface area contributed by atoms with Crippen molar-refractivity contribution in [2.24, 2.45) is 11.7 Å². The largest absolute Gasteiger partial charge is 0.354 e. The molecule has 106 valence electrons. The Balaban J connectivity index is 2.24. The molecule has 3 N–H and O–H groups in total. The Labute approximate surface area is 109 Å². The lowest BCUT2D eigenvalue weighted by Crippen LogP contribution is -2.43. The van der Waals surface area contributed by atoms with Gasteiger partial charge in [-0.15, -0.1) is 0 Å². The third-order valence-corrected chi connectivity index (χ3v) is 3.18. The number of amides is 1. The molecule has 1 amide bonds. The standard InChI is InChI=1S/C13H26N2O3/c1-4-5-11(14)12(16)15-9-10(2)8-13(3)17-6-7-18-13/h10-11H,4-9,14H2,1-3H3,(H,15,16). The van der Waals surface area contributed by atoms with E-state index in [1.165, 1.54) is 0 Å². The van der Waals surface area contributed by atoms with E-state index in [0.29, 0.717) is 25.7 Å². The van der Waals surface area contributed by atoms with Crippen LogP contribution < -0.4 is 11.1 Å². The third-order valence-electron chi connectivity index (χ3n) is 3.18. The van der Waals surface area contributed by atoms with E-state index in [1.807, 2.05) is 13.8 Å². The van der Waals surface area contributed by atoms with Gasteiger partial charge in [0.25, 0.3) is 0 Å². The van der Waals surface area contributed by atoms with Gasteiger partial charge in [0.05, 0.1) is 19.3 Å². The van der Waals surface area contributed by atoms with E-state index >= 15 is 0 Å². The number of hydrogen-bond donors (Lipinski definition) is 2. The molecule has 0 bridgehead atoms. The average molecular weight is 258 g/mol. The van der Waals surface area contributed by atoms with E-state index in [4.69, 9.17) is 15.2 Å². The molecule has 1 rings (SSSR count). The first-order valence-corrected chi connectivity index (χ1v) is 6.78. The maximum Gasteiger partial charge on any atom is 0.236 e. The summed E-state index contributed by atoms with van der Waals surface area (Å²) < 4.78 is 11.1. The van der Waals surface area contributed by atoms with Crippen LogP contribution in [0.5, 0.6) is 0 Å². The fourth-order valence-corrected chi connectivity index (χ4v) is 2.23. The Hall–Kier alpha value is -0.650. The van der Waals surface area contributed by atoms with Crippen molar-refractivity contribution in [2.45, 2.75) is 51.9 Å². The van der Waals surface area contributed by atoms with E-state index < -0.39 is 11.8 Å². The van der Waals surface area contributed by atoms with Gasteiger partial charge >= 0.3 is 0 Å². The SMILES string of the molecule is CCCC(N)C(=O)NCC(C)CC1(C)OCCO1. The van der Waals surface area contributed by atoms with E-state index in [1.54, 1.807) is 0 Å². The van der Waals surface area contributed by atoms with Gasteiger partial charge in [-0.2, -0.15) is 0 Å². The summed E-state index contributed by atoms with van der Waals surface area (Å²) in [6.45, 7) is 7.95. The summed E-state index contributed by atoms with van der Waals surface area (Å²) in [5.74, 6) is -0.261. The van der Waals surface area contributed by atoms with Gasteiger partial charge in [-0.3, -0.25) is 4.79 Å². The molecule has 2 unspecified atom stereocenters. The van der Waals surface area contributed by atoms with Gasteiger partial charge in [0.15, 0.2) is 5.79 Å². The zero-order valence-corrected chi connectivity index (χ0v) is 11.7. The lowest BCUT2D eigenvalue weighted by molar-refractivity contribution is -0.154. The topological polar surface area (TPSA) is 73.6 Å². The Bertz CT molecular complexity index is 265. The molecule has 1 aliphatic rings. The van der Waals surface area contributed by atoms with Crippen LogP contribution in [-0.2, 0) is 14.3 Å². The predicted molar refractivity (Wildman–Crippen MR) is 70.0 cm³/mol. The lowest BCUT2D eigenvalue weighted by Gasteiger charge is -2.26. The summed E-state index contributed by atoms with van der Waals surface area (Å²) in [5.41, 5.74) is 5.74. The van der Waals surface area contributed by atoms with Crippen molar-refractivity contribution >= 4 is 5.91 Å². The van der Waals surface area contributed by atoms with E-state index in [0.717, 1.165) is 19.3 Å². The molecule has 0 aromatic rings. The van der Waals surface area contributed by atoms with Crippen molar-refractivity contribution in [2.75, 3.05) is 19.8 Å². The molecule has 5 heteroatoms. The van der Waals surface area contributed by atoms with Crippen LogP contribution in [0.15, 0.2) is 0 Å². The lowest BCUT2D eigenvalue weighted by atomic mass is 10.0. The van der Waals surface area contributed by atoms with Crippen LogP contribution in [0, 0.1) is 5.92 Å². The van der Waals surface area contributed by atoms with Crippen LogP contribution in [-0.4, -0.2) is 37.5 Å². The summed E-state index contributed by atoms with van der Waals surface area (Å²) in [7, 11) is 0. The van der Waals surface area contributed by atoms with Gasteiger partial charge in [0, 0.05) is 13.0 Å². The van der Waals surface area contributed by atoms with Crippen LogP contribution in [0.1, 0.15) is 40.0 Å². The normalized spacial score (nSPS) is 21.6. The summed E-state index contributed by atoms with van der Waals surface area (Å²) in [5, 5.41) is 2.88. The summed E-state index contributed by atoms with van der Waals surface area (Å²) in [6.07, 6.45) is 2.42. The summed E-state index contributed by atoms with van der Waals surface area (Å²) >= 11 is 0. The van der Waals surface area contributed by atoms with Gasteiger partial charge in [-0.1, -0.05) is 20.3 Å². The average Bonchev–Trinajstić information content (AvgIpc) is 2.72. The van der Waals surface area contributed by atoms with Crippen LogP contribution in [0.2, 0.25) is 0 Å². The summed E-state index contributed by atoms with van der Waals surface area (Å²) in [6, 6.07) is -0.392. The van der Waals surface area contributed by atoms with Gasteiger partial charge in [-0.25, -0.2) is 0 Å². The number of ether oxygens (including phenoxy) is 2. The zero-order chi connectivity index (χ0) is 13.6. The quantitative estimate of drug-likeness (QED) is 0.715. The molecular formula is C13H26N2O3. The molecule has 1 heterocycles. The van der Waals surface area contributed by atoms with Crippen molar-refractivity contribution in [1.29, 1.82) is 0 Å². The van der Waals surface area contributed by atoms with Gasteiger partial charge in [0.1, 0.15) is 0 Å². The Morgan fingerprint density at radius 3 is 2.61 bits per heavy atom. The second-order valence-corrected chi connectivity index (χ2v) is 5.28. The first kappa shape index (κ1) is 15.4. The highest BCUT2D eigenvalue weighted by Gasteiger charge is 2.32. The number of nitrogens with one attached hydrogen (secondary N) is 1. The minimum Gasteiger partial charge on any atom is -0.354 e. The minimum atomic E-state index is -0.490. The van der Waals surface area contributed by atoms with Crippen LogP contribution in [0.4, 0.5) is 0 Å². The molecule has 1 fully saturated rings. The second kappa shape index (κ2) is 7.07. The minimum absolute atomic E-state index is 0.0675. The van der Waals surface area contributed by atoms with Crippen molar-refractivity contribution in [1.82, 2.24) is 5.32 Å². The molecular weight excluding hydrogens is 232 g/mol. The first-order chi connectivity index (χ1) is 8.47. The number of rotatable bonds is 7. The number of carbonyl (C=O) groups is 1. The molecule has 0 aromatic heterocycles. The van der Waals surface area contributed by atoms with E-state index in [9.17, 15) is 4.79 Å². The highest BCUT2D eigenvalue weighted by atomic mass is 16.7. The molecule has 1 saturated heterocycles. The van der Waals surface area contributed by atoms with Gasteiger partial charge in [-0.05, 0) is 19.3 Å². The number of hydrogen-bond acceptors (Lipinski definition) is 4. The molecule has 0 radical (unpaired) electrons. The van der Waals surface area contributed by atoms with Crippen LogP contribution >= 0.6 is 0 Å². The van der Waals surface area contributed by atoms with Crippen LogP contribution in [0.25, 0.3) is 0 Å². The summed E-state index contributed by atoms with van der Waals surface area (Å²) in [4.78, 5) is 11.7. The molecule has 1 aliphatic heterocycles. The zero-order valence-electron chi connectivity index (χ0n) is 11.7. The van der Waals surface area contributed by atoms with Crippen molar-refractivity contribution < 1.29 is 14.3 Å². The molecule has 5 nitrogen and oxygen atoms in total. The van der Waals surface area contributed by atoms with Crippen LogP contribution in [0.3, 0.4) is 0 Å². The molecule has 0 saturated carbocycles. The molecule has 2 atom stereocenters. The molecule has 0 aromatic carbocycles. The van der Waals surface area contributed by atoms with Gasteiger partial charge < -0.3 is 20.5 Å². The highest BCUT2D eigenvalue weighted by Crippen LogP contribution is 2.26. The number of nitrogens with two attached hydrogens (primary N) is 1. The Morgan fingerprint density at radius 1 is 1.44 bits per heavy atom. The van der Waals surface area contributed by atoms with Crippen molar-refractivity contribution in [3.8, 4) is 0 Å². The first-order valence-electron chi connectivity index (χ1n) is 6.78. The highest BCUT2D eigenvalue weighted by molar-refractivity contribution is 5.81. The fraction of sp³-hybridized carbons (Fsp3) is 0.923. The van der Waals surface area contributed by atoms with Crippen molar-refractivity contribution in [3.05, 3.63) is 0 Å². The Morgan fingerprint density at radius 2 is 2.06 bits per heavy atom. The van der Waals surface area contributed by atoms with E-state index in [-0.39, 0.29) is 5.91 Å². The molecule has 18 heavy (non-hydrogen) atoms. The molecule has 0 spiro atoms. The second-order valence-electron chi connectivity index (χ2n) is 5.28. The molecule has 0 aliphatic carbocycles. The maximum absolute atomic E-state index is 11.7. The fourth-order valence-electron chi connectivity index (χ4n) is 2.23.